The second-order valence-electron chi connectivity index (χ2n) is 7.73. The van der Waals surface area contributed by atoms with Crippen LogP contribution in [0.5, 0.6) is 0 Å². The average Bonchev–Trinajstić information content (AvgIpc) is 3.13. The lowest BCUT2D eigenvalue weighted by Crippen LogP contribution is -2.45. The number of anilines is 1. The molecule has 0 aliphatic heterocycles. The molecule has 3 N–H and O–H groups in total. The Kier molecular flexibility index (Phi) is 6.79. The summed E-state index contributed by atoms with van der Waals surface area (Å²) < 4.78 is 19.3. The summed E-state index contributed by atoms with van der Waals surface area (Å²) in [5, 5.41) is 13.9. The van der Waals surface area contributed by atoms with Gasteiger partial charge >= 0.3 is 12.1 Å². The van der Waals surface area contributed by atoms with Crippen LogP contribution in [0.1, 0.15) is 23.5 Å². The summed E-state index contributed by atoms with van der Waals surface area (Å²) in [5.74, 6) is -3.21. The largest absolute Gasteiger partial charge is 0.481 e. The van der Waals surface area contributed by atoms with Gasteiger partial charge in [0.05, 0.1) is 12.1 Å². The lowest BCUT2D eigenvalue weighted by atomic mass is 9.98. The molecule has 0 bridgehead atoms. The number of carbonyl (C=O) groups excluding carboxylic acids is 2. The molecule has 1 unspecified atom stereocenters. The summed E-state index contributed by atoms with van der Waals surface area (Å²) in [5.41, 5.74) is 3.89. The minimum absolute atomic E-state index is 0.00973. The SMILES string of the molecule is O=C(O)CC(NC(=O)OCC1c2ccccc2-c2ccccc21)C(=O)Nc1cc(Cl)ccc1F. The fraction of sp³-hybridized carbons (Fsp3) is 0.160. The molecule has 0 saturated heterocycles. The molecule has 4 rings (SSSR count). The molecule has 9 heteroatoms. The highest BCUT2D eigenvalue weighted by Gasteiger charge is 2.30. The molecule has 0 heterocycles. The fourth-order valence-electron chi connectivity index (χ4n) is 3.98. The average molecular weight is 483 g/mol. The summed E-state index contributed by atoms with van der Waals surface area (Å²) in [6, 6.07) is 17.6. The monoisotopic (exact) mass is 482 g/mol. The maximum atomic E-state index is 14.0. The number of alkyl carbamates (subject to hydrolysis) is 1. The number of hydrogen-bond acceptors (Lipinski definition) is 4. The lowest BCUT2D eigenvalue weighted by molar-refractivity contribution is -0.139. The highest BCUT2D eigenvalue weighted by atomic mass is 35.5. The van der Waals surface area contributed by atoms with E-state index in [1.54, 1.807) is 0 Å². The summed E-state index contributed by atoms with van der Waals surface area (Å²) in [4.78, 5) is 36.3. The molecule has 2 amide bonds. The van der Waals surface area contributed by atoms with Gasteiger partial charge in [0, 0.05) is 10.9 Å². The Morgan fingerprint density at radius 2 is 1.62 bits per heavy atom. The van der Waals surface area contributed by atoms with Crippen molar-refractivity contribution in [2.75, 3.05) is 11.9 Å². The zero-order valence-corrected chi connectivity index (χ0v) is 18.5. The number of rotatable bonds is 7. The van der Waals surface area contributed by atoms with Crippen molar-refractivity contribution in [1.29, 1.82) is 0 Å². The van der Waals surface area contributed by atoms with Crippen molar-refractivity contribution >= 4 is 35.3 Å². The first-order valence-corrected chi connectivity index (χ1v) is 10.8. The van der Waals surface area contributed by atoms with Gasteiger partial charge in [-0.1, -0.05) is 60.1 Å². The number of carbonyl (C=O) groups is 3. The van der Waals surface area contributed by atoms with Crippen molar-refractivity contribution < 1.29 is 28.6 Å². The Labute approximate surface area is 199 Å². The van der Waals surface area contributed by atoms with E-state index in [1.807, 2.05) is 48.5 Å². The van der Waals surface area contributed by atoms with E-state index in [4.69, 9.17) is 21.4 Å². The van der Waals surface area contributed by atoms with Crippen LogP contribution >= 0.6 is 11.6 Å². The Balaban J connectivity index is 1.44. The van der Waals surface area contributed by atoms with Gasteiger partial charge < -0.3 is 20.5 Å². The molecule has 7 nitrogen and oxygen atoms in total. The molecule has 0 aromatic heterocycles. The van der Waals surface area contributed by atoms with Gasteiger partial charge in [0.25, 0.3) is 0 Å². The van der Waals surface area contributed by atoms with Gasteiger partial charge in [0.15, 0.2) is 0 Å². The normalized spacial score (nSPS) is 12.9. The van der Waals surface area contributed by atoms with Crippen LogP contribution in [0.2, 0.25) is 5.02 Å². The first-order chi connectivity index (χ1) is 16.3. The zero-order chi connectivity index (χ0) is 24.2. The van der Waals surface area contributed by atoms with Crippen molar-refractivity contribution in [2.24, 2.45) is 0 Å². The topological polar surface area (TPSA) is 105 Å². The maximum Gasteiger partial charge on any atom is 0.407 e. The van der Waals surface area contributed by atoms with Gasteiger partial charge in [-0.2, -0.15) is 0 Å². The number of nitrogens with one attached hydrogen (secondary N) is 2. The Hall–Kier alpha value is -3.91. The summed E-state index contributed by atoms with van der Waals surface area (Å²) >= 11 is 5.82. The van der Waals surface area contributed by atoms with Crippen LogP contribution in [0.3, 0.4) is 0 Å². The van der Waals surface area contributed by atoms with Crippen molar-refractivity contribution in [3.8, 4) is 11.1 Å². The summed E-state index contributed by atoms with van der Waals surface area (Å²) in [7, 11) is 0. The Morgan fingerprint density at radius 3 is 2.24 bits per heavy atom. The van der Waals surface area contributed by atoms with Crippen LogP contribution in [0, 0.1) is 5.82 Å². The third kappa shape index (κ3) is 5.02. The smallest absolute Gasteiger partial charge is 0.407 e. The van der Waals surface area contributed by atoms with E-state index >= 15 is 0 Å². The molecule has 0 radical (unpaired) electrons. The van der Waals surface area contributed by atoms with E-state index in [9.17, 15) is 18.8 Å². The maximum absolute atomic E-state index is 14.0. The number of fused-ring (bicyclic) bond motifs is 3. The van der Waals surface area contributed by atoms with Crippen LogP contribution in [-0.2, 0) is 14.3 Å². The molecule has 174 valence electrons. The number of amides is 2. The molecule has 1 atom stereocenters. The van der Waals surface area contributed by atoms with Gasteiger partial charge in [0.2, 0.25) is 5.91 Å². The van der Waals surface area contributed by atoms with Gasteiger partial charge in [-0.05, 0) is 40.5 Å². The quantitative estimate of drug-likeness (QED) is 0.448. The van der Waals surface area contributed by atoms with Gasteiger partial charge in [-0.3, -0.25) is 9.59 Å². The first kappa shape index (κ1) is 23.3. The van der Waals surface area contributed by atoms with Crippen molar-refractivity contribution in [1.82, 2.24) is 5.32 Å². The molecule has 0 fully saturated rings. The molecule has 1 aliphatic carbocycles. The second-order valence-corrected chi connectivity index (χ2v) is 8.17. The number of halogens is 2. The van der Waals surface area contributed by atoms with E-state index in [-0.39, 0.29) is 23.2 Å². The first-order valence-electron chi connectivity index (χ1n) is 10.4. The van der Waals surface area contributed by atoms with E-state index in [2.05, 4.69) is 10.6 Å². The van der Waals surface area contributed by atoms with Crippen molar-refractivity contribution in [3.05, 3.63) is 88.7 Å². The predicted octanol–water partition coefficient (Wildman–Crippen LogP) is 4.80. The molecule has 3 aromatic rings. The van der Waals surface area contributed by atoms with Crippen LogP contribution in [-0.4, -0.2) is 35.7 Å². The molecule has 3 aromatic carbocycles. The van der Waals surface area contributed by atoms with Crippen LogP contribution < -0.4 is 10.6 Å². The standard InChI is InChI=1S/C25H20ClFN2O5/c26-14-9-10-20(27)21(11-14)28-24(32)22(12-23(30)31)29-25(33)34-13-19-17-7-3-1-5-15(17)16-6-2-4-8-18(16)19/h1-11,19,22H,12-13H2,(H,28,32)(H,29,33)(H,30,31). The van der Waals surface area contributed by atoms with E-state index in [0.717, 1.165) is 28.3 Å². The van der Waals surface area contributed by atoms with Crippen LogP contribution in [0.15, 0.2) is 66.7 Å². The third-order valence-corrected chi connectivity index (χ3v) is 5.75. The minimum Gasteiger partial charge on any atom is -0.481 e. The molecular weight excluding hydrogens is 463 g/mol. The number of carboxylic acids is 1. The summed E-state index contributed by atoms with van der Waals surface area (Å²) in [6.45, 7) is -0.00973. The lowest BCUT2D eigenvalue weighted by Gasteiger charge is -2.19. The van der Waals surface area contributed by atoms with Gasteiger partial charge in [-0.15, -0.1) is 0 Å². The third-order valence-electron chi connectivity index (χ3n) is 5.52. The zero-order valence-electron chi connectivity index (χ0n) is 17.8. The van der Waals surface area contributed by atoms with Crippen molar-refractivity contribution in [2.45, 2.75) is 18.4 Å². The summed E-state index contributed by atoms with van der Waals surface area (Å²) in [6.07, 6.45) is -1.69. The number of carboxylic acid groups (broad SMARTS) is 1. The molecule has 1 aliphatic rings. The minimum atomic E-state index is -1.49. The fourth-order valence-corrected chi connectivity index (χ4v) is 4.15. The number of aliphatic carboxylic acids is 1. The van der Waals surface area contributed by atoms with E-state index in [1.165, 1.54) is 12.1 Å². The molecule has 0 spiro atoms. The molecule has 34 heavy (non-hydrogen) atoms. The number of benzene rings is 3. The highest BCUT2D eigenvalue weighted by Crippen LogP contribution is 2.44. The number of ether oxygens (including phenoxy) is 1. The van der Waals surface area contributed by atoms with E-state index < -0.39 is 36.2 Å². The number of hydrogen-bond donors (Lipinski definition) is 3. The second kappa shape index (κ2) is 9.93. The van der Waals surface area contributed by atoms with Crippen LogP contribution in [0.25, 0.3) is 11.1 Å². The van der Waals surface area contributed by atoms with Crippen LogP contribution in [0.4, 0.5) is 14.9 Å². The van der Waals surface area contributed by atoms with Gasteiger partial charge in [0.1, 0.15) is 18.5 Å². The Bertz CT molecular complexity index is 1220. The Morgan fingerprint density at radius 1 is 1.00 bits per heavy atom. The highest BCUT2D eigenvalue weighted by molar-refractivity contribution is 6.30. The van der Waals surface area contributed by atoms with E-state index in [0.29, 0.717) is 0 Å². The predicted molar refractivity (Wildman–Crippen MR) is 124 cm³/mol. The molecule has 0 saturated carbocycles. The molecular formula is C25H20ClFN2O5. The van der Waals surface area contributed by atoms with Crippen molar-refractivity contribution in [3.63, 3.8) is 0 Å². The van der Waals surface area contributed by atoms with Gasteiger partial charge in [-0.25, -0.2) is 9.18 Å².